The third-order valence-electron chi connectivity index (χ3n) is 3.85. The van der Waals surface area contributed by atoms with Gasteiger partial charge in [0.15, 0.2) is 11.7 Å². The second-order valence-corrected chi connectivity index (χ2v) is 6.16. The van der Waals surface area contributed by atoms with E-state index in [1.807, 2.05) is 31.2 Å². The van der Waals surface area contributed by atoms with Gasteiger partial charge in [0.2, 0.25) is 11.8 Å². The van der Waals surface area contributed by atoms with Crippen LogP contribution in [0.3, 0.4) is 0 Å². The average Bonchev–Trinajstić information content (AvgIpc) is 3.02. The number of carbonyl (C=O) groups is 2. The van der Waals surface area contributed by atoms with Crippen LogP contribution in [0.1, 0.15) is 24.8 Å². The van der Waals surface area contributed by atoms with Crippen molar-refractivity contribution >= 4 is 11.8 Å². The molecule has 134 valence electrons. The second-order valence-electron chi connectivity index (χ2n) is 6.16. The van der Waals surface area contributed by atoms with Crippen LogP contribution >= 0.6 is 0 Å². The summed E-state index contributed by atoms with van der Waals surface area (Å²) in [7, 11) is 1.44. The van der Waals surface area contributed by atoms with Crippen LogP contribution in [0.25, 0.3) is 11.3 Å². The van der Waals surface area contributed by atoms with Gasteiger partial charge in [-0.3, -0.25) is 9.59 Å². The summed E-state index contributed by atoms with van der Waals surface area (Å²) in [5, 5.41) is 2.60. The standard InChI is InChI=1S/C18H23N3O4/c1-12-4-6-13(7-5-12)14-10-20-16(25-14)9-8-15(22)21-18(2,11-24-3)17(19)23/h4-7,10H,8-9,11H2,1-3H3,(H2,19,23)(H,21,22). The van der Waals surface area contributed by atoms with E-state index in [9.17, 15) is 9.59 Å². The molecular weight excluding hydrogens is 322 g/mol. The Balaban J connectivity index is 1.94. The Morgan fingerprint density at radius 1 is 1.32 bits per heavy atom. The van der Waals surface area contributed by atoms with Crippen molar-refractivity contribution in [3.8, 4) is 11.3 Å². The van der Waals surface area contributed by atoms with Gasteiger partial charge in [0.1, 0.15) is 5.54 Å². The highest BCUT2D eigenvalue weighted by Gasteiger charge is 2.32. The van der Waals surface area contributed by atoms with Crippen LogP contribution < -0.4 is 11.1 Å². The topological polar surface area (TPSA) is 107 Å². The summed E-state index contributed by atoms with van der Waals surface area (Å²) in [6.07, 6.45) is 2.08. The van der Waals surface area contributed by atoms with E-state index in [2.05, 4.69) is 10.3 Å². The molecule has 2 aromatic rings. The number of ether oxygens (including phenoxy) is 1. The van der Waals surface area contributed by atoms with E-state index in [0.29, 0.717) is 18.1 Å². The van der Waals surface area contributed by atoms with E-state index in [1.54, 1.807) is 6.20 Å². The normalized spacial score (nSPS) is 13.2. The SMILES string of the molecule is COCC(C)(NC(=O)CCc1ncc(-c2ccc(C)cc2)o1)C(N)=O. The Hall–Kier alpha value is -2.67. The van der Waals surface area contributed by atoms with Gasteiger partial charge in [-0.25, -0.2) is 4.98 Å². The molecule has 0 saturated heterocycles. The van der Waals surface area contributed by atoms with E-state index in [1.165, 1.54) is 14.0 Å². The molecule has 1 aromatic carbocycles. The molecule has 1 atom stereocenters. The number of primary amides is 1. The first-order valence-electron chi connectivity index (χ1n) is 7.95. The largest absolute Gasteiger partial charge is 0.441 e. The van der Waals surface area contributed by atoms with Crippen molar-refractivity contribution in [1.82, 2.24) is 10.3 Å². The number of aryl methyl sites for hydroxylation is 2. The predicted octanol–water partition coefficient (Wildman–Crippen LogP) is 1.59. The zero-order valence-electron chi connectivity index (χ0n) is 14.7. The van der Waals surface area contributed by atoms with E-state index >= 15 is 0 Å². The number of nitrogens with one attached hydrogen (secondary N) is 1. The Morgan fingerprint density at radius 3 is 2.60 bits per heavy atom. The van der Waals surface area contributed by atoms with Gasteiger partial charge in [0.05, 0.1) is 12.8 Å². The van der Waals surface area contributed by atoms with Crippen LogP contribution in [0.15, 0.2) is 34.9 Å². The van der Waals surface area contributed by atoms with Gasteiger partial charge in [-0.1, -0.05) is 29.8 Å². The Morgan fingerprint density at radius 2 is 2.00 bits per heavy atom. The highest BCUT2D eigenvalue weighted by atomic mass is 16.5. The van der Waals surface area contributed by atoms with Crippen molar-refractivity contribution in [2.24, 2.45) is 5.73 Å². The zero-order chi connectivity index (χ0) is 18.4. The van der Waals surface area contributed by atoms with Gasteiger partial charge in [-0.2, -0.15) is 0 Å². The molecule has 2 amide bonds. The van der Waals surface area contributed by atoms with Crippen LogP contribution in [-0.2, 0) is 20.7 Å². The van der Waals surface area contributed by atoms with Gasteiger partial charge >= 0.3 is 0 Å². The minimum Gasteiger partial charge on any atom is -0.441 e. The zero-order valence-corrected chi connectivity index (χ0v) is 14.7. The first-order valence-corrected chi connectivity index (χ1v) is 7.95. The van der Waals surface area contributed by atoms with Crippen LogP contribution in [0.4, 0.5) is 0 Å². The molecule has 0 aliphatic carbocycles. The molecule has 0 aliphatic heterocycles. The molecule has 7 heteroatoms. The molecule has 0 bridgehead atoms. The third-order valence-corrected chi connectivity index (χ3v) is 3.85. The minimum atomic E-state index is -1.24. The summed E-state index contributed by atoms with van der Waals surface area (Å²) >= 11 is 0. The molecule has 7 nitrogen and oxygen atoms in total. The van der Waals surface area contributed by atoms with Crippen molar-refractivity contribution in [3.05, 3.63) is 41.9 Å². The van der Waals surface area contributed by atoms with Gasteiger partial charge in [-0.15, -0.1) is 0 Å². The summed E-state index contributed by atoms with van der Waals surface area (Å²) in [6, 6.07) is 7.89. The van der Waals surface area contributed by atoms with Gasteiger partial charge in [-0.05, 0) is 13.8 Å². The molecule has 3 N–H and O–H groups in total. The van der Waals surface area contributed by atoms with Crippen LogP contribution in [0.5, 0.6) is 0 Å². The number of amides is 2. The molecule has 1 unspecified atom stereocenters. The monoisotopic (exact) mass is 345 g/mol. The molecule has 25 heavy (non-hydrogen) atoms. The number of hydrogen-bond acceptors (Lipinski definition) is 5. The van der Waals surface area contributed by atoms with Crippen molar-refractivity contribution in [1.29, 1.82) is 0 Å². The first kappa shape index (κ1) is 18.7. The Labute approximate surface area is 146 Å². The summed E-state index contributed by atoms with van der Waals surface area (Å²) in [6.45, 7) is 3.54. The van der Waals surface area contributed by atoms with E-state index in [0.717, 1.165) is 11.1 Å². The molecule has 1 aromatic heterocycles. The van der Waals surface area contributed by atoms with Crippen molar-refractivity contribution in [3.63, 3.8) is 0 Å². The quantitative estimate of drug-likeness (QED) is 0.755. The maximum atomic E-state index is 12.1. The van der Waals surface area contributed by atoms with Crippen LogP contribution in [0.2, 0.25) is 0 Å². The van der Waals surface area contributed by atoms with Gasteiger partial charge < -0.3 is 20.2 Å². The second kappa shape index (κ2) is 7.94. The number of nitrogens with two attached hydrogens (primary N) is 1. The minimum absolute atomic E-state index is 0.00461. The van der Waals surface area contributed by atoms with Crippen LogP contribution in [0, 0.1) is 6.92 Å². The van der Waals surface area contributed by atoms with Gasteiger partial charge in [0.25, 0.3) is 0 Å². The number of hydrogen-bond donors (Lipinski definition) is 2. The van der Waals surface area contributed by atoms with E-state index < -0.39 is 11.4 Å². The van der Waals surface area contributed by atoms with Gasteiger partial charge in [0, 0.05) is 25.5 Å². The number of rotatable bonds is 8. The van der Waals surface area contributed by atoms with Crippen molar-refractivity contribution in [2.75, 3.05) is 13.7 Å². The third kappa shape index (κ3) is 4.90. The lowest BCUT2D eigenvalue weighted by molar-refractivity contribution is -0.133. The fourth-order valence-corrected chi connectivity index (χ4v) is 2.33. The smallest absolute Gasteiger partial charge is 0.245 e. The lowest BCUT2D eigenvalue weighted by Crippen LogP contribution is -2.58. The molecule has 0 radical (unpaired) electrons. The summed E-state index contributed by atoms with van der Waals surface area (Å²) in [5.41, 5.74) is 6.17. The van der Waals surface area contributed by atoms with E-state index in [-0.39, 0.29) is 18.9 Å². The number of aromatic nitrogens is 1. The summed E-state index contributed by atoms with van der Waals surface area (Å²) in [4.78, 5) is 27.8. The predicted molar refractivity (Wildman–Crippen MR) is 92.6 cm³/mol. The lowest BCUT2D eigenvalue weighted by atomic mass is 10.0. The number of oxazole rings is 1. The Kier molecular flexibility index (Phi) is 5.93. The summed E-state index contributed by atoms with van der Waals surface area (Å²) in [5.74, 6) is 0.129. The molecule has 0 spiro atoms. The number of nitrogens with zero attached hydrogens (tertiary/aromatic N) is 1. The molecule has 1 heterocycles. The fourth-order valence-electron chi connectivity index (χ4n) is 2.33. The van der Waals surface area contributed by atoms with Crippen LogP contribution in [-0.4, -0.2) is 36.1 Å². The molecule has 0 fully saturated rings. The highest BCUT2D eigenvalue weighted by molar-refractivity contribution is 5.90. The molecule has 0 saturated carbocycles. The van der Waals surface area contributed by atoms with Crippen molar-refractivity contribution in [2.45, 2.75) is 32.2 Å². The number of carbonyl (C=O) groups excluding carboxylic acids is 2. The fraction of sp³-hybridized carbons (Fsp3) is 0.389. The maximum absolute atomic E-state index is 12.1. The average molecular weight is 345 g/mol. The first-order chi connectivity index (χ1) is 11.8. The highest BCUT2D eigenvalue weighted by Crippen LogP contribution is 2.21. The van der Waals surface area contributed by atoms with E-state index in [4.69, 9.17) is 14.9 Å². The van der Waals surface area contributed by atoms with Crippen molar-refractivity contribution < 1.29 is 18.7 Å². The molecule has 0 aliphatic rings. The molecular formula is C18H23N3O4. The Bertz CT molecular complexity index is 739. The lowest BCUT2D eigenvalue weighted by Gasteiger charge is -2.26. The number of methoxy groups -OCH3 is 1. The molecule has 2 rings (SSSR count). The number of benzene rings is 1. The summed E-state index contributed by atoms with van der Waals surface area (Å²) < 4.78 is 10.6. The maximum Gasteiger partial charge on any atom is 0.245 e.